The molecule has 0 heterocycles. The number of carboxylic acid groups (broad SMARTS) is 1. The van der Waals surface area contributed by atoms with Crippen LogP contribution in [0, 0.1) is 11.8 Å². The van der Waals surface area contributed by atoms with Crippen LogP contribution in [0.4, 0.5) is 0 Å². The van der Waals surface area contributed by atoms with E-state index in [1.165, 1.54) is 0 Å². The van der Waals surface area contributed by atoms with E-state index >= 15 is 0 Å². The second kappa shape index (κ2) is 5.38. The topological polar surface area (TPSA) is 63.3 Å². The molecule has 0 atom stereocenters. The summed E-state index contributed by atoms with van der Waals surface area (Å²) in [5, 5.41) is 8.67. The Kier molecular flexibility index (Phi) is 5.25. The van der Waals surface area contributed by atoms with E-state index in [1.54, 1.807) is 0 Å². The highest BCUT2D eigenvalue weighted by Crippen LogP contribution is 2.27. The summed E-state index contributed by atoms with van der Waals surface area (Å²) in [5.74, 6) is -0.163. The first-order valence-electron chi connectivity index (χ1n) is 4.17. The largest absolute Gasteiger partial charge is 1.00 e. The van der Waals surface area contributed by atoms with E-state index in [0.717, 1.165) is 25.7 Å². The fraction of sp³-hybridized carbons (Fsp3) is 0.875. The van der Waals surface area contributed by atoms with Crippen molar-refractivity contribution < 1.29 is 23.7 Å². The molecule has 1 rings (SSSR count). The van der Waals surface area contributed by atoms with Gasteiger partial charge < -0.3 is 23.2 Å². The van der Waals surface area contributed by atoms with Gasteiger partial charge in [-0.2, -0.15) is 0 Å². The Balaban J connectivity index is 0. The zero-order valence-corrected chi connectivity index (χ0v) is 7.76. The third-order valence-electron chi connectivity index (χ3n) is 2.53. The first kappa shape index (κ1) is 11.7. The van der Waals surface area contributed by atoms with E-state index in [2.05, 4.69) is 0 Å². The summed E-state index contributed by atoms with van der Waals surface area (Å²) in [4.78, 5) is 10.5. The third kappa shape index (κ3) is 2.99. The molecule has 1 fully saturated rings. The SMILES string of the molecule is NC[C@H]1CC[C@H](C(=O)O)CC1.[Cl-].[H+]. The van der Waals surface area contributed by atoms with E-state index in [4.69, 9.17) is 10.8 Å². The van der Waals surface area contributed by atoms with Crippen LogP contribution in [0.15, 0.2) is 0 Å². The number of carbonyl (C=O) groups is 1. The molecule has 0 unspecified atom stereocenters. The number of rotatable bonds is 2. The smallest absolute Gasteiger partial charge is 1.00 e. The van der Waals surface area contributed by atoms with Crippen molar-refractivity contribution in [1.29, 1.82) is 0 Å². The molecule has 0 saturated heterocycles. The van der Waals surface area contributed by atoms with Gasteiger partial charge in [-0.25, -0.2) is 0 Å². The maximum Gasteiger partial charge on any atom is 1.00 e. The molecular weight excluding hydrogens is 178 g/mol. The molecule has 12 heavy (non-hydrogen) atoms. The Morgan fingerprint density at radius 3 is 2.25 bits per heavy atom. The molecule has 0 spiro atoms. The van der Waals surface area contributed by atoms with Crippen molar-refractivity contribution in [3.63, 3.8) is 0 Å². The maximum absolute atomic E-state index is 10.5. The summed E-state index contributed by atoms with van der Waals surface area (Å²) in [6.45, 7) is 0.715. The van der Waals surface area contributed by atoms with Gasteiger partial charge >= 0.3 is 7.40 Å². The van der Waals surface area contributed by atoms with Gasteiger partial charge in [0.05, 0.1) is 5.92 Å². The van der Waals surface area contributed by atoms with Crippen molar-refractivity contribution in [1.82, 2.24) is 0 Å². The van der Waals surface area contributed by atoms with Crippen LogP contribution in [0.3, 0.4) is 0 Å². The fourth-order valence-electron chi connectivity index (χ4n) is 1.65. The van der Waals surface area contributed by atoms with E-state index in [9.17, 15) is 4.79 Å². The van der Waals surface area contributed by atoms with Crippen molar-refractivity contribution in [2.75, 3.05) is 6.54 Å². The summed E-state index contributed by atoms with van der Waals surface area (Å²) >= 11 is 0. The normalized spacial score (nSPS) is 29.1. The number of halogens is 1. The predicted molar refractivity (Wildman–Crippen MR) is 43.3 cm³/mol. The molecule has 1 aliphatic carbocycles. The van der Waals surface area contributed by atoms with Crippen LogP contribution in [0.5, 0.6) is 0 Å². The molecule has 0 aromatic carbocycles. The van der Waals surface area contributed by atoms with Crippen molar-refractivity contribution >= 4 is 5.97 Å². The van der Waals surface area contributed by atoms with Gasteiger partial charge in [0.2, 0.25) is 0 Å². The summed E-state index contributed by atoms with van der Waals surface area (Å²) in [6, 6.07) is 0. The Morgan fingerprint density at radius 1 is 1.42 bits per heavy atom. The second-order valence-electron chi connectivity index (χ2n) is 3.29. The molecule has 4 heteroatoms. The van der Waals surface area contributed by atoms with Gasteiger partial charge in [0.25, 0.3) is 0 Å². The zero-order valence-electron chi connectivity index (χ0n) is 8.00. The van der Waals surface area contributed by atoms with Crippen molar-refractivity contribution in [3.8, 4) is 0 Å². The molecule has 0 aromatic rings. The first-order chi connectivity index (χ1) is 5.24. The van der Waals surface area contributed by atoms with Crippen molar-refractivity contribution in [2.24, 2.45) is 17.6 Å². The molecule has 0 radical (unpaired) electrons. The average molecular weight is 194 g/mol. The molecule has 72 valence electrons. The van der Waals surface area contributed by atoms with Crippen LogP contribution < -0.4 is 18.1 Å². The summed E-state index contributed by atoms with van der Waals surface area (Å²) in [6.07, 6.45) is 3.62. The Morgan fingerprint density at radius 2 is 1.92 bits per heavy atom. The van der Waals surface area contributed by atoms with Crippen molar-refractivity contribution in [2.45, 2.75) is 25.7 Å². The molecule has 1 saturated carbocycles. The highest BCUT2D eigenvalue weighted by molar-refractivity contribution is 5.69. The molecule has 0 bridgehead atoms. The molecule has 0 aromatic heterocycles. The van der Waals surface area contributed by atoms with Crippen molar-refractivity contribution in [3.05, 3.63) is 0 Å². The Hall–Kier alpha value is -0.280. The van der Waals surface area contributed by atoms with Gasteiger partial charge in [0, 0.05) is 0 Å². The quantitative estimate of drug-likeness (QED) is 0.531. The lowest BCUT2D eigenvalue weighted by molar-refractivity contribution is -0.143. The highest BCUT2D eigenvalue weighted by atomic mass is 35.5. The van der Waals surface area contributed by atoms with Gasteiger partial charge in [-0.15, -0.1) is 0 Å². The number of hydrogen-bond acceptors (Lipinski definition) is 2. The molecule has 1 aliphatic rings. The number of hydrogen-bond donors (Lipinski definition) is 2. The number of carboxylic acids is 1. The van der Waals surface area contributed by atoms with Crippen LogP contribution in [-0.4, -0.2) is 17.6 Å². The molecule has 0 amide bonds. The number of aliphatic carboxylic acids is 1. The fourth-order valence-corrected chi connectivity index (χ4v) is 1.65. The van der Waals surface area contributed by atoms with Crippen LogP contribution in [-0.2, 0) is 4.79 Å². The Labute approximate surface area is 80.2 Å². The van der Waals surface area contributed by atoms with E-state index in [-0.39, 0.29) is 19.8 Å². The van der Waals surface area contributed by atoms with Gasteiger partial charge in [-0.3, -0.25) is 4.79 Å². The van der Waals surface area contributed by atoms with Crippen LogP contribution in [0.1, 0.15) is 27.1 Å². The summed E-state index contributed by atoms with van der Waals surface area (Å²) in [7, 11) is 0. The molecule has 0 aliphatic heterocycles. The van der Waals surface area contributed by atoms with E-state index in [0.29, 0.717) is 12.5 Å². The minimum absolute atomic E-state index is 0. The van der Waals surface area contributed by atoms with Gasteiger partial charge in [0.15, 0.2) is 0 Å². The van der Waals surface area contributed by atoms with E-state index < -0.39 is 5.97 Å². The van der Waals surface area contributed by atoms with Crippen LogP contribution in [0.25, 0.3) is 0 Å². The van der Waals surface area contributed by atoms with Gasteiger partial charge in [-0.1, -0.05) is 0 Å². The first-order valence-corrected chi connectivity index (χ1v) is 4.17. The van der Waals surface area contributed by atoms with Gasteiger partial charge in [0.1, 0.15) is 0 Å². The summed E-state index contributed by atoms with van der Waals surface area (Å²) in [5.41, 5.74) is 5.48. The predicted octanol–water partition coefficient (Wildman–Crippen LogP) is -2.05. The minimum atomic E-state index is -0.638. The molecule has 3 N–H and O–H groups in total. The minimum Gasteiger partial charge on any atom is -1.00 e. The Bertz CT molecular complexity index is 149. The number of nitrogens with two attached hydrogens (primary N) is 1. The second-order valence-corrected chi connectivity index (χ2v) is 3.29. The maximum atomic E-state index is 10.5. The monoisotopic (exact) mass is 193 g/mol. The third-order valence-corrected chi connectivity index (χ3v) is 2.53. The standard InChI is InChI=1S/C8H15NO2.ClH/c9-5-6-1-3-7(4-2-6)8(10)11;/h6-7H,1-5,9H2,(H,10,11);1H/t6-,7-;. The molecule has 3 nitrogen and oxygen atoms in total. The lowest BCUT2D eigenvalue weighted by Crippen LogP contribution is -3.00. The lowest BCUT2D eigenvalue weighted by atomic mass is 9.82. The highest BCUT2D eigenvalue weighted by Gasteiger charge is 2.24. The average Bonchev–Trinajstić information content (AvgIpc) is 2.05. The van der Waals surface area contributed by atoms with Crippen LogP contribution in [0.2, 0.25) is 0 Å². The lowest BCUT2D eigenvalue weighted by Gasteiger charge is -2.24. The zero-order chi connectivity index (χ0) is 8.27. The van der Waals surface area contributed by atoms with Gasteiger partial charge in [-0.05, 0) is 38.1 Å². The summed E-state index contributed by atoms with van der Waals surface area (Å²) < 4.78 is 0. The van der Waals surface area contributed by atoms with Crippen LogP contribution >= 0.6 is 0 Å². The van der Waals surface area contributed by atoms with E-state index in [1.807, 2.05) is 0 Å². The molecular formula is C8H16ClNO2.